The van der Waals surface area contributed by atoms with Gasteiger partial charge in [0, 0.05) is 10.9 Å². The second kappa shape index (κ2) is 7.06. The van der Waals surface area contributed by atoms with E-state index in [4.69, 9.17) is 0 Å². The number of β-lactam (4-membered cyclic amide) rings is 1. The van der Waals surface area contributed by atoms with Crippen molar-refractivity contribution in [2.75, 3.05) is 4.90 Å². The number of fused-ring (bicyclic) bond motifs is 1. The molecule has 10 heteroatoms. The number of imide groups is 1. The van der Waals surface area contributed by atoms with Crippen LogP contribution >= 0.6 is 11.3 Å². The Morgan fingerprint density at radius 2 is 1.78 bits per heavy atom. The van der Waals surface area contributed by atoms with E-state index in [-0.39, 0.29) is 11.1 Å². The summed E-state index contributed by atoms with van der Waals surface area (Å²) in [6.45, 7) is 1.73. The van der Waals surface area contributed by atoms with Crippen molar-refractivity contribution in [1.29, 1.82) is 0 Å². The van der Waals surface area contributed by atoms with Gasteiger partial charge in [-0.1, -0.05) is 18.2 Å². The minimum atomic E-state index is -1.19. The van der Waals surface area contributed by atoms with Crippen LogP contribution in [0.4, 0.5) is 15.8 Å². The summed E-state index contributed by atoms with van der Waals surface area (Å²) in [6.07, 6.45) is 0. The van der Waals surface area contributed by atoms with Crippen LogP contribution in [0.5, 0.6) is 0 Å². The topological polar surface area (TPSA) is 101 Å². The molecule has 1 saturated heterocycles. The van der Waals surface area contributed by atoms with Crippen molar-refractivity contribution in [3.8, 4) is 0 Å². The highest BCUT2D eigenvalue weighted by Gasteiger charge is 2.58. The Labute approximate surface area is 184 Å². The van der Waals surface area contributed by atoms with Crippen LogP contribution in [-0.4, -0.2) is 33.6 Å². The monoisotopic (exact) mass is 451 g/mol. The van der Waals surface area contributed by atoms with Gasteiger partial charge in [-0.2, -0.15) is 0 Å². The van der Waals surface area contributed by atoms with E-state index in [0.717, 1.165) is 11.0 Å². The minimum Gasteiger partial charge on any atom is -0.299 e. The fraction of sp³-hybridized carbons (Fsp3) is 0.136. The molecular weight excluding hydrogens is 437 g/mol. The van der Waals surface area contributed by atoms with Crippen LogP contribution < -0.4 is 4.90 Å². The molecule has 0 bridgehead atoms. The number of thiophene rings is 1. The number of carbonyl (C=O) groups excluding carboxylic acids is 3. The predicted molar refractivity (Wildman–Crippen MR) is 113 cm³/mol. The molecule has 1 aromatic heterocycles. The summed E-state index contributed by atoms with van der Waals surface area (Å²) in [7, 11) is 0. The molecule has 5 rings (SSSR count). The molecule has 0 spiro atoms. The number of halogens is 1. The fourth-order valence-electron chi connectivity index (χ4n) is 4.27. The minimum absolute atomic E-state index is 0.109. The molecule has 0 aliphatic carbocycles. The first kappa shape index (κ1) is 20.0. The third kappa shape index (κ3) is 2.69. The van der Waals surface area contributed by atoms with Gasteiger partial charge in [0.25, 0.3) is 23.4 Å². The van der Waals surface area contributed by atoms with Crippen molar-refractivity contribution in [2.24, 2.45) is 0 Å². The quantitative estimate of drug-likeness (QED) is 0.260. The summed E-state index contributed by atoms with van der Waals surface area (Å²) >= 11 is 1.33. The molecule has 0 radical (unpaired) electrons. The number of hydrogen-bond donors (Lipinski definition) is 0. The van der Waals surface area contributed by atoms with Gasteiger partial charge in [-0.15, -0.1) is 11.3 Å². The first-order chi connectivity index (χ1) is 15.3. The second-order valence-corrected chi connectivity index (χ2v) is 8.46. The van der Waals surface area contributed by atoms with E-state index < -0.39 is 46.2 Å². The molecule has 0 unspecified atom stereocenters. The van der Waals surface area contributed by atoms with Gasteiger partial charge in [-0.25, -0.2) is 4.39 Å². The zero-order valence-electron chi connectivity index (χ0n) is 16.5. The van der Waals surface area contributed by atoms with Crippen molar-refractivity contribution in [2.45, 2.75) is 19.0 Å². The SMILES string of the molecule is Cc1ccc(F)cc1N1C(=O)[C@@H](N2C(=O)c3cccc([N+](=O)[O-])c3C2=O)[C@H]1c1cccs1. The average molecular weight is 451 g/mol. The molecule has 0 N–H and O–H groups in total. The van der Waals surface area contributed by atoms with Crippen molar-refractivity contribution in [1.82, 2.24) is 4.90 Å². The van der Waals surface area contributed by atoms with Crippen LogP contribution in [0, 0.1) is 22.9 Å². The molecule has 2 aliphatic rings. The third-order valence-corrected chi connectivity index (χ3v) is 6.68. The number of nitro benzene ring substituents is 1. The molecule has 0 saturated carbocycles. The van der Waals surface area contributed by atoms with E-state index in [1.807, 2.05) is 0 Å². The van der Waals surface area contributed by atoms with Crippen molar-refractivity contribution in [3.05, 3.63) is 91.4 Å². The van der Waals surface area contributed by atoms with Gasteiger partial charge in [-0.3, -0.25) is 34.3 Å². The van der Waals surface area contributed by atoms with Crippen molar-refractivity contribution >= 4 is 40.4 Å². The Morgan fingerprint density at radius 1 is 1.00 bits per heavy atom. The first-order valence-corrected chi connectivity index (χ1v) is 10.5. The Bertz CT molecular complexity index is 1320. The number of rotatable bonds is 4. The molecule has 3 heterocycles. The van der Waals surface area contributed by atoms with Gasteiger partial charge in [-0.05, 0) is 42.1 Å². The molecule has 3 amide bonds. The predicted octanol–water partition coefficient (Wildman–Crippen LogP) is 3.86. The number of amides is 3. The number of hydrogen-bond acceptors (Lipinski definition) is 6. The van der Waals surface area contributed by atoms with E-state index in [1.165, 1.54) is 40.5 Å². The van der Waals surface area contributed by atoms with E-state index in [2.05, 4.69) is 0 Å². The van der Waals surface area contributed by atoms with Gasteiger partial charge < -0.3 is 0 Å². The number of nitrogens with zero attached hydrogens (tertiary/aromatic N) is 3. The van der Waals surface area contributed by atoms with Gasteiger partial charge >= 0.3 is 0 Å². The zero-order valence-corrected chi connectivity index (χ0v) is 17.3. The van der Waals surface area contributed by atoms with Crippen LogP contribution in [0.25, 0.3) is 0 Å². The van der Waals surface area contributed by atoms with Gasteiger partial charge in [0.15, 0.2) is 0 Å². The Morgan fingerprint density at radius 3 is 2.47 bits per heavy atom. The average Bonchev–Trinajstić information content (AvgIpc) is 3.37. The highest BCUT2D eigenvalue weighted by Crippen LogP contribution is 2.47. The number of carbonyl (C=O) groups is 3. The van der Waals surface area contributed by atoms with Crippen LogP contribution in [-0.2, 0) is 4.79 Å². The maximum Gasteiger partial charge on any atom is 0.282 e. The summed E-state index contributed by atoms with van der Waals surface area (Å²) < 4.78 is 14.0. The van der Waals surface area contributed by atoms with Gasteiger partial charge in [0.05, 0.1) is 16.2 Å². The van der Waals surface area contributed by atoms with Gasteiger partial charge in [0.1, 0.15) is 23.5 Å². The largest absolute Gasteiger partial charge is 0.299 e. The Balaban J connectivity index is 1.61. The highest BCUT2D eigenvalue weighted by atomic mass is 32.1. The standard InChI is InChI=1S/C22H14FN3O5S/c1-11-7-8-12(23)10-15(11)24-18(16-6-3-9-32-16)19(22(24)29)25-20(27)13-4-2-5-14(26(30)31)17(13)21(25)28/h2-10,18-19H,1H3/t18-,19+/m1/s1. The molecule has 160 valence electrons. The third-order valence-electron chi connectivity index (χ3n) is 5.73. The van der Waals surface area contributed by atoms with E-state index in [9.17, 15) is 28.9 Å². The lowest BCUT2D eigenvalue weighted by Crippen LogP contribution is -2.67. The molecule has 3 aromatic rings. The van der Waals surface area contributed by atoms with Gasteiger partial charge in [0.2, 0.25) is 0 Å². The van der Waals surface area contributed by atoms with Crippen LogP contribution in [0.3, 0.4) is 0 Å². The summed E-state index contributed by atoms with van der Waals surface area (Å²) in [5, 5.41) is 13.2. The molecule has 2 atom stereocenters. The lowest BCUT2D eigenvalue weighted by molar-refractivity contribution is -0.385. The molecule has 32 heavy (non-hydrogen) atoms. The normalized spacial score (nSPS) is 19.9. The number of aryl methyl sites for hydroxylation is 1. The summed E-state index contributed by atoms with van der Waals surface area (Å²) in [6, 6.07) is 9.47. The fourth-order valence-corrected chi connectivity index (χ4v) is 5.11. The van der Waals surface area contributed by atoms with E-state index >= 15 is 0 Å². The van der Waals surface area contributed by atoms with Crippen LogP contribution in [0.1, 0.15) is 37.2 Å². The van der Waals surface area contributed by atoms with E-state index in [1.54, 1.807) is 30.5 Å². The van der Waals surface area contributed by atoms with Crippen LogP contribution in [0.15, 0.2) is 53.9 Å². The summed E-state index contributed by atoms with van der Waals surface area (Å²) in [5.41, 5.74) is 0.0774. The van der Waals surface area contributed by atoms with Crippen LogP contribution in [0.2, 0.25) is 0 Å². The zero-order chi connectivity index (χ0) is 22.7. The summed E-state index contributed by atoms with van der Waals surface area (Å²) in [4.78, 5) is 53.1. The molecular formula is C22H14FN3O5S. The second-order valence-electron chi connectivity index (χ2n) is 7.48. The van der Waals surface area contributed by atoms with Crippen molar-refractivity contribution in [3.63, 3.8) is 0 Å². The summed E-state index contributed by atoms with van der Waals surface area (Å²) in [5.74, 6) is -2.73. The smallest absolute Gasteiger partial charge is 0.282 e. The lowest BCUT2D eigenvalue weighted by Gasteiger charge is -2.49. The number of nitro groups is 1. The number of benzene rings is 2. The maximum atomic E-state index is 14.0. The Kier molecular flexibility index (Phi) is 4.41. The molecule has 2 aromatic carbocycles. The maximum absolute atomic E-state index is 14.0. The van der Waals surface area contributed by atoms with E-state index in [0.29, 0.717) is 16.1 Å². The molecule has 2 aliphatic heterocycles. The number of anilines is 1. The first-order valence-electron chi connectivity index (χ1n) is 9.59. The highest BCUT2D eigenvalue weighted by molar-refractivity contribution is 7.10. The lowest BCUT2D eigenvalue weighted by atomic mass is 9.90. The molecule has 8 nitrogen and oxygen atoms in total. The Hall–Kier alpha value is -3.92. The molecule has 1 fully saturated rings. The van der Waals surface area contributed by atoms with Crippen molar-refractivity contribution < 1.29 is 23.7 Å².